The molecule has 2 heteroatoms. The molecule has 0 bridgehead atoms. The van der Waals surface area contributed by atoms with E-state index in [9.17, 15) is 0 Å². The van der Waals surface area contributed by atoms with Gasteiger partial charge in [-0.1, -0.05) is 56.8 Å². The molecule has 0 amide bonds. The van der Waals surface area contributed by atoms with Crippen LogP contribution in [-0.4, -0.2) is 19.0 Å². The number of rotatable bonds is 5. The van der Waals surface area contributed by atoms with Crippen molar-refractivity contribution in [3.8, 4) is 11.8 Å². The second-order valence-electron chi connectivity index (χ2n) is 5.43. The first-order valence-electron chi connectivity index (χ1n) is 7.43. The van der Waals surface area contributed by atoms with Crippen molar-refractivity contribution in [2.45, 2.75) is 33.6 Å². The molecule has 0 aromatic carbocycles. The third kappa shape index (κ3) is 5.86. The second-order valence-corrected chi connectivity index (χ2v) is 7.61. The summed E-state index contributed by atoms with van der Waals surface area (Å²) in [7, 11) is -0.109. The first-order valence-corrected chi connectivity index (χ1v) is 9.73. The van der Waals surface area contributed by atoms with Gasteiger partial charge in [-0.15, -0.1) is 0 Å². The summed E-state index contributed by atoms with van der Waals surface area (Å²) in [6.45, 7) is 14.8. The maximum absolute atomic E-state index is 4.92. The lowest BCUT2D eigenvalue weighted by atomic mass is 10.0. The second kappa shape index (κ2) is 8.81. The molecular weight excluding hydrogens is 273 g/mol. The molecule has 0 aromatic heterocycles. The van der Waals surface area contributed by atoms with Crippen molar-refractivity contribution in [1.29, 1.82) is 0 Å². The molecule has 112 valence electrons. The van der Waals surface area contributed by atoms with Gasteiger partial charge in [0, 0.05) is 12.1 Å². The molecule has 0 aliphatic heterocycles. The lowest BCUT2D eigenvalue weighted by Crippen LogP contribution is -2.04. The molecule has 0 fully saturated rings. The van der Waals surface area contributed by atoms with Crippen molar-refractivity contribution >= 4 is 13.6 Å². The summed E-state index contributed by atoms with van der Waals surface area (Å²) in [6, 6.07) is 0. The van der Waals surface area contributed by atoms with Crippen molar-refractivity contribution in [3.63, 3.8) is 0 Å². The van der Waals surface area contributed by atoms with E-state index in [1.807, 2.05) is 6.08 Å². The smallest absolute Gasteiger partial charge is 0.0597 e. The van der Waals surface area contributed by atoms with Crippen LogP contribution >= 0.6 is 7.92 Å². The molecule has 1 aliphatic carbocycles. The number of hydrogen-bond acceptors (Lipinski definition) is 1. The summed E-state index contributed by atoms with van der Waals surface area (Å²) >= 11 is 0. The highest BCUT2D eigenvalue weighted by atomic mass is 31.1. The first-order chi connectivity index (χ1) is 9.97. The SMILES string of the molecule is C=CC(=C\P(C)C)/C(CC)=N/C1=C/C(C)=C\CC#CC1C. The van der Waals surface area contributed by atoms with E-state index < -0.39 is 0 Å². The molecule has 0 radical (unpaired) electrons. The lowest BCUT2D eigenvalue weighted by molar-refractivity contribution is 0.871. The number of allylic oxidation sites excluding steroid dienone is 6. The van der Waals surface area contributed by atoms with E-state index in [1.165, 1.54) is 11.1 Å². The van der Waals surface area contributed by atoms with Gasteiger partial charge in [0.2, 0.25) is 0 Å². The van der Waals surface area contributed by atoms with Crippen LogP contribution in [0.3, 0.4) is 0 Å². The van der Waals surface area contributed by atoms with Gasteiger partial charge in [-0.05, 0) is 45.2 Å². The molecule has 1 atom stereocenters. The maximum atomic E-state index is 4.92. The van der Waals surface area contributed by atoms with Crippen LogP contribution in [0.5, 0.6) is 0 Å². The van der Waals surface area contributed by atoms with E-state index in [-0.39, 0.29) is 13.8 Å². The summed E-state index contributed by atoms with van der Waals surface area (Å²) in [6.07, 6.45) is 7.98. The third-order valence-corrected chi connectivity index (χ3v) is 4.01. The van der Waals surface area contributed by atoms with Gasteiger partial charge in [0.05, 0.1) is 11.6 Å². The van der Waals surface area contributed by atoms with Crippen LogP contribution in [0.1, 0.15) is 33.6 Å². The normalized spacial score (nSPS) is 25.0. The zero-order valence-electron chi connectivity index (χ0n) is 13.9. The van der Waals surface area contributed by atoms with Crippen LogP contribution < -0.4 is 0 Å². The number of nitrogens with zero attached hydrogens (tertiary/aromatic N) is 1. The van der Waals surface area contributed by atoms with Gasteiger partial charge in [0.25, 0.3) is 0 Å². The van der Waals surface area contributed by atoms with E-state index in [4.69, 9.17) is 4.99 Å². The number of hydrogen-bond donors (Lipinski definition) is 0. The molecule has 1 aliphatic rings. The fourth-order valence-corrected chi connectivity index (χ4v) is 2.88. The molecule has 0 heterocycles. The molecule has 21 heavy (non-hydrogen) atoms. The largest absolute Gasteiger partial charge is 0.256 e. The van der Waals surface area contributed by atoms with Crippen molar-refractivity contribution in [3.05, 3.63) is 47.5 Å². The summed E-state index contributed by atoms with van der Waals surface area (Å²) in [5.41, 5.74) is 4.56. The molecule has 1 nitrogen and oxygen atoms in total. The van der Waals surface area contributed by atoms with Crippen LogP contribution in [-0.2, 0) is 0 Å². The van der Waals surface area contributed by atoms with Crippen LogP contribution in [0, 0.1) is 17.8 Å². The quantitative estimate of drug-likeness (QED) is 0.274. The highest BCUT2D eigenvalue weighted by Crippen LogP contribution is 2.30. The van der Waals surface area contributed by atoms with Crippen LogP contribution in [0.15, 0.2) is 52.5 Å². The Morgan fingerprint density at radius 1 is 1.52 bits per heavy atom. The van der Waals surface area contributed by atoms with Gasteiger partial charge < -0.3 is 0 Å². The van der Waals surface area contributed by atoms with Crippen molar-refractivity contribution < 1.29 is 0 Å². The standard InChI is InChI=1S/C19H26NP/c1-7-17(14-21(5)6)18(8-2)20-19-13-15(3)11-9-10-12-16(19)4/h7,11,13-14,16H,1,8-9H2,2-6H3/b15-11-,17-14+,19-13+,20-18+. The fourth-order valence-electron chi connectivity index (χ4n) is 2.07. The minimum Gasteiger partial charge on any atom is -0.256 e. The van der Waals surface area contributed by atoms with Crippen molar-refractivity contribution in [1.82, 2.24) is 0 Å². The van der Waals surface area contributed by atoms with Gasteiger partial charge in [-0.2, -0.15) is 0 Å². The molecule has 0 saturated heterocycles. The molecular formula is C19H26NP. The van der Waals surface area contributed by atoms with E-state index in [0.29, 0.717) is 0 Å². The van der Waals surface area contributed by atoms with Gasteiger partial charge in [-0.25, -0.2) is 0 Å². The Balaban J connectivity index is 3.25. The summed E-state index contributed by atoms with van der Waals surface area (Å²) < 4.78 is 0. The van der Waals surface area contributed by atoms with Gasteiger partial charge >= 0.3 is 0 Å². The average Bonchev–Trinajstić information content (AvgIpc) is 2.43. The Morgan fingerprint density at radius 2 is 2.24 bits per heavy atom. The van der Waals surface area contributed by atoms with Crippen LogP contribution in [0.4, 0.5) is 0 Å². The van der Waals surface area contributed by atoms with E-state index >= 15 is 0 Å². The average molecular weight is 299 g/mol. The predicted molar refractivity (Wildman–Crippen MR) is 98.2 cm³/mol. The lowest BCUT2D eigenvalue weighted by Gasteiger charge is -2.12. The first kappa shape index (κ1) is 17.7. The third-order valence-electron chi connectivity index (χ3n) is 3.21. The zero-order valence-corrected chi connectivity index (χ0v) is 14.8. The molecule has 0 aromatic rings. The molecule has 1 unspecified atom stereocenters. The Kier molecular flexibility index (Phi) is 7.41. The van der Waals surface area contributed by atoms with Gasteiger partial charge in [-0.3, -0.25) is 4.99 Å². The van der Waals surface area contributed by atoms with E-state index in [2.05, 4.69) is 70.5 Å². The van der Waals surface area contributed by atoms with Gasteiger partial charge in [0.15, 0.2) is 0 Å². The minimum absolute atomic E-state index is 0.109. The summed E-state index contributed by atoms with van der Waals surface area (Å²) in [4.78, 5) is 4.92. The Morgan fingerprint density at radius 3 is 2.81 bits per heavy atom. The molecule has 0 spiro atoms. The van der Waals surface area contributed by atoms with Crippen LogP contribution in [0.25, 0.3) is 0 Å². The highest BCUT2D eigenvalue weighted by Gasteiger charge is 2.10. The van der Waals surface area contributed by atoms with E-state index in [0.717, 1.165) is 24.3 Å². The molecule has 0 N–H and O–H groups in total. The predicted octanol–water partition coefficient (Wildman–Crippen LogP) is 5.52. The topological polar surface area (TPSA) is 12.4 Å². The highest BCUT2D eigenvalue weighted by molar-refractivity contribution is 7.59. The Hall–Kier alpha value is -1.38. The molecule has 1 rings (SSSR count). The maximum Gasteiger partial charge on any atom is 0.0597 e. The van der Waals surface area contributed by atoms with Crippen LogP contribution in [0.2, 0.25) is 0 Å². The summed E-state index contributed by atoms with van der Waals surface area (Å²) in [5, 5.41) is 0. The molecule has 0 saturated carbocycles. The summed E-state index contributed by atoms with van der Waals surface area (Å²) in [5.74, 6) is 8.92. The Labute approximate surface area is 131 Å². The van der Waals surface area contributed by atoms with E-state index in [1.54, 1.807) is 0 Å². The van der Waals surface area contributed by atoms with Gasteiger partial charge in [0.1, 0.15) is 0 Å². The minimum atomic E-state index is -0.109. The monoisotopic (exact) mass is 299 g/mol. The van der Waals surface area contributed by atoms with Crippen molar-refractivity contribution in [2.24, 2.45) is 10.9 Å². The fraction of sp³-hybridized carbons (Fsp3) is 0.421. The van der Waals surface area contributed by atoms with Crippen molar-refractivity contribution in [2.75, 3.05) is 13.3 Å². The Bertz CT molecular complexity index is 562. The zero-order chi connectivity index (χ0) is 15.8. The number of aliphatic imine (C=N–C) groups is 1.